The normalized spacial score (nSPS) is 24.5. The Kier molecular flexibility index (Phi) is 6.92. The third kappa shape index (κ3) is 4.58. The molecule has 2 heterocycles. The number of carbonyl (C=O) groups excluding carboxylic acids is 2. The largest absolute Gasteiger partial charge is 0.368 e. The van der Waals surface area contributed by atoms with Gasteiger partial charge < -0.3 is 19.9 Å². The van der Waals surface area contributed by atoms with Crippen molar-refractivity contribution < 1.29 is 14.3 Å². The highest BCUT2D eigenvalue weighted by Gasteiger charge is 2.43. The molecule has 1 aliphatic carbocycles. The number of piperazine rings is 1. The molecule has 3 fully saturated rings. The summed E-state index contributed by atoms with van der Waals surface area (Å²) in [5, 5.41) is 3.29. The number of nitrogens with zero attached hydrogens (tertiary/aromatic N) is 2. The minimum atomic E-state index is -0.668. The summed E-state index contributed by atoms with van der Waals surface area (Å²) in [4.78, 5) is 29.4. The molecule has 0 atom stereocenters. The van der Waals surface area contributed by atoms with E-state index in [-0.39, 0.29) is 11.8 Å². The number of ether oxygens (including phenoxy) is 1. The van der Waals surface area contributed by atoms with Gasteiger partial charge in [-0.15, -0.1) is 0 Å². The van der Waals surface area contributed by atoms with E-state index in [0.29, 0.717) is 32.6 Å². The Bertz CT molecular complexity index is 477. The maximum atomic E-state index is 13.0. The van der Waals surface area contributed by atoms with Crippen LogP contribution in [-0.2, 0) is 14.3 Å². The fourth-order valence-electron chi connectivity index (χ4n) is 4.74. The van der Waals surface area contributed by atoms with Crippen molar-refractivity contribution in [3.05, 3.63) is 0 Å². The SMILES string of the molecule is COC1(C(=O)N2CCN(C(=O)CCC3CCCCC3)CC2)CCNCC1. The molecule has 1 saturated carbocycles. The molecule has 2 aliphatic heterocycles. The fraction of sp³-hybridized carbons (Fsp3) is 0.900. The van der Waals surface area contributed by atoms with Gasteiger partial charge in [0.25, 0.3) is 5.91 Å². The smallest absolute Gasteiger partial charge is 0.255 e. The lowest BCUT2D eigenvalue weighted by atomic mass is 9.86. The second kappa shape index (κ2) is 9.18. The third-order valence-corrected chi connectivity index (χ3v) is 6.60. The van der Waals surface area contributed by atoms with E-state index in [9.17, 15) is 9.59 Å². The van der Waals surface area contributed by atoms with Gasteiger partial charge in [-0.25, -0.2) is 0 Å². The van der Waals surface area contributed by atoms with Gasteiger partial charge in [-0.2, -0.15) is 0 Å². The Labute approximate surface area is 157 Å². The molecule has 0 aromatic rings. The molecule has 1 N–H and O–H groups in total. The number of piperidine rings is 1. The second-order valence-corrected chi connectivity index (χ2v) is 8.16. The van der Waals surface area contributed by atoms with Gasteiger partial charge in [0.05, 0.1) is 0 Å². The van der Waals surface area contributed by atoms with Crippen molar-refractivity contribution in [3.8, 4) is 0 Å². The Balaban J connectivity index is 1.44. The van der Waals surface area contributed by atoms with Crippen molar-refractivity contribution in [2.45, 2.75) is 63.4 Å². The average molecular weight is 366 g/mol. The lowest BCUT2D eigenvalue weighted by Gasteiger charge is -2.42. The lowest BCUT2D eigenvalue weighted by Crippen LogP contribution is -2.59. The molecule has 148 valence electrons. The molecule has 0 radical (unpaired) electrons. The summed E-state index contributed by atoms with van der Waals surface area (Å²) >= 11 is 0. The fourth-order valence-corrected chi connectivity index (χ4v) is 4.74. The van der Waals surface area contributed by atoms with E-state index in [2.05, 4.69) is 5.32 Å². The van der Waals surface area contributed by atoms with Gasteiger partial charge in [0.2, 0.25) is 5.91 Å². The predicted octanol–water partition coefficient (Wildman–Crippen LogP) is 1.79. The quantitative estimate of drug-likeness (QED) is 0.807. The molecule has 2 amide bonds. The molecule has 0 spiro atoms. The molecule has 3 rings (SSSR count). The number of hydrogen-bond acceptors (Lipinski definition) is 4. The standard InChI is InChI=1S/C20H35N3O3/c1-26-20(9-11-21-12-10-20)19(25)23-15-13-22(14-16-23)18(24)8-7-17-5-3-2-4-6-17/h17,21H,2-16H2,1H3. The Morgan fingerprint density at radius 1 is 1.00 bits per heavy atom. The summed E-state index contributed by atoms with van der Waals surface area (Å²) in [6.07, 6.45) is 9.77. The van der Waals surface area contributed by atoms with E-state index >= 15 is 0 Å². The third-order valence-electron chi connectivity index (χ3n) is 6.60. The molecular weight excluding hydrogens is 330 g/mol. The number of rotatable bonds is 5. The Hall–Kier alpha value is -1.14. The van der Waals surface area contributed by atoms with E-state index in [1.807, 2.05) is 9.80 Å². The van der Waals surface area contributed by atoms with Crippen LogP contribution in [0.2, 0.25) is 0 Å². The van der Waals surface area contributed by atoms with E-state index in [0.717, 1.165) is 38.3 Å². The van der Waals surface area contributed by atoms with Gasteiger partial charge in [-0.1, -0.05) is 32.1 Å². The van der Waals surface area contributed by atoms with Gasteiger partial charge in [-0.05, 0) is 38.3 Å². The van der Waals surface area contributed by atoms with Crippen LogP contribution < -0.4 is 5.32 Å². The first-order valence-electron chi connectivity index (χ1n) is 10.5. The topological polar surface area (TPSA) is 61.9 Å². The van der Waals surface area contributed by atoms with Crippen molar-refractivity contribution in [1.29, 1.82) is 0 Å². The maximum Gasteiger partial charge on any atom is 0.255 e. The summed E-state index contributed by atoms with van der Waals surface area (Å²) in [5.41, 5.74) is -0.668. The van der Waals surface area contributed by atoms with E-state index in [1.54, 1.807) is 7.11 Å². The number of amides is 2. The molecule has 3 aliphatic rings. The van der Waals surface area contributed by atoms with Crippen molar-refractivity contribution in [1.82, 2.24) is 15.1 Å². The molecule has 0 aromatic heterocycles. The van der Waals surface area contributed by atoms with Crippen LogP contribution in [0, 0.1) is 5.92 Å². The average Bonchev–Trinajstić information content (AvgIpc) is 2.73. The molecule has 2 saturated heterocycles. The van der Waals surface area contributed by atoms with Gasteiger partial charge >= 0.3 is 0 Å². The first-order chi connectivity index (χ1) is 12.6. The van der Waals surface area contributed by atoms with Crippen LogP contribution in [0.25, 0.3) is 0 Å². The number of carbonyl (C=O) groups is 2. The first kappa shape index (κ1) is 19.6. The first-order valence-corrected chi connectivity index (χ1v) is 10.5. The van der Waals surface area contributed by atoms with Crippen LogP contribution in [0.15, 0.2) is 0 Å². The highest BCUT2D eigenvalue weighted by atomic mass is 16.5. The van der Waals surface area contributed by atoms with Gasteiger partial charge in [-0.3, -0.25) is 9.59 Å². The van der Waals surface area contributed by atoms with Crippen molar-refractivity contribution in [2.24, 2.45) is 5.92 Å². The van der Waals surface area contributed by atoms with Crippen LogP contribution in [-0.4, -0.2) is 73.6 Å². The summed E-state index contributed by atoms with van der Waals surface area (Å²) in [7, 11) is 1.65. The lowest BCUT2D eigenvalue weighted by molar-refractivity contribution is -0.161. The monoisotopic (exact) mass is 365 g/mol. The van der Waals surface area contributed by atoms with E-state index in [1.165, 1.54) is 32.1 Å². The minimum Gasteiger partial charge on any atom is -0.368 e. The number of methoxy groups -OCH3 is 1. The van der Waals surface area contributed by atoms with E-state index < -0.39 is 5.60 Å². The zero-order valence-corrected chi connectivity index (χ0v) is 16.3. The molecule has 26 heavy (non-hydrogen) atoms. The van der Waals surface area contributed by atoms with Crippen LogP contribution in [0.3, 0.4) is 0 Å². The highest BCUT2D eigenvalue weighted by molar-refractivity contribution is 5.86. The van der Waals surface area contributed by atoms with Gasteiger partial charge in [0.1, 0.15) is 5.60 Å². The Morgan fingerprint density at radius 2 is 1.62 bits per heavy atom. The van der Waals surface area contributed by atoms with Crippen LogP contribution in [0.5, 0.6) is 0 Å². The van der Waals surface area contributed by atoms with Crippen LogP contribution in [0.4, 0.5) is 0 Å². The summed E-state index contributed by atoms with van der Waals surface area (Å²) in [6.45, 7) is 4.22. The number of hydrogen-bond donors (Lipinski definition) is 1. The summed E-state index contributed by atoms with van der Waals surface area (Å²) < 4.78 is 5.66. The molecule has 6 heteroatoms. The maximum absolute atomic E-state index is 13.0. The number of nitrogens with one attached hydrogen (secondary N) is 1. The summed E-state index contributed by atoms with van der Waals surface area (Å²) in [5.74, 6) is 1.12. The van der Waals surface area contributed by atoms with Crippen molar-refractivity contribution in [3.63, 3.8) is 0 Å². The molecule has 0 unspecified atom stereocenters. The van der Waals surface area contributed by atoms with Crippen LogP contribution in [0.1, 0.15) is 57.8 Å². The van der Waals surface area contributed by atoms with Crippen molar-refractivity contribution >= 4 is 11.8 Å². The van der Waals surface area contributed by atoms with Crippen molar-refractivity contribution in [2.75, 3.05) is 46.4 Å². The van der Waals surface area contributed by atoms with E-state index in [4.69, 9.17) is 4.74 Å². The van der Waals surface area contributed by atoms with Gasteiger partial charge in [0.15, 0.2) is 0 Å². The molecule has 0 aromatic carbocycles. The Morgan fingerprint density at radius 3 is 2.23 bits per heavy atom. The zero-order valence-electron chi connectivity index (χ0n) is 16.3. The zero-order chi connectivity index (χ0) is 18.4. The molecule has 6 nitrogen and oxygen atoms in total. The highest BCUT2D eigenvalue weighted by Crippen LogP contribution is 2.28. The predicted molar refractivity (Wildman–Crippen MR) is 101 cm³/mol. The van der Waals surface area contributed by atoms with Gasteiger partial charge in [0, 0.05) is 39.7 Å². The molecular formula is C20H35N3O3. The second-order valence-electron chi connectivity index (χ2n) is 8.16. The molecule has 0 bridgehead atoms. The van der Waals surface area contributed by atoms with Crippen LogP contribution >= 0.6 is 0 Å². The summed E-state index contributed by atoms with van der Waals surface area (Å²) in [6, 6.07) is 0. The minimum absolute atomic E-state index is 0.107.